The van der Waals surface area contributed by atoms with Crippen LogP contribution in [0.15, 0.2) is 11.6 Å². The molecule has 4 aliphatic heterocycles. The van der Waals surface area contributed by atoms with Crippen molar-refractivity contribution >= 4 is 5.97 Å². The zero-order chi connectivity index (χ0) is 53.3. The van der Waals surface area contributed by atoms with Crippen LogP contribution in [-0.4, -0.2) is 198 Å². The first-order chi connectivity index (χ1) is 34.1. The number of rotatable bonds is 10. The fourth-order valence-corrected chi connectivity index (χ4v) is 16.2. The van der Waals surface area contributed by atoms with Gasteiger partial charge >= 0.3 is 5.97 Å². The molecule has 11 N–H and O–H groups in total. The number of hydrogen-bond donors (Lipinski definition) is 11. The third kappa shape index (κ3) is 9.11. The van der Waals surface area contributed by atoms with Gasteiger partial charge in [-0.25, -0.2) is 0 Å². The molecule has 9 aliphatic rings. The zero-order valence-corrected chi connectivity index (χ0v) is 43.9. The first kappa shape index (κ1) is 56.2. The number of aliphatic hydroxyl groups is 10. The second-order valence-electron chi connectivity index (χ2n) is 25.8. The Morgan fingerprint density at radius 1 is 0.616 bits per heavy atom. The molecule has 0 aromatic carbocycles. The lowest BCUT2D eigenvalue weighted by Gasteiger charge is -2.71. The molecule has 4 saturated carbocycles. The lowest BCUT2D eigenvalue weighted by Crippen LogP contribution is -2.68. The van der Waals surface area contributed by atoms with Crippen molar-refractivity contribution in [3.8, 4) is 0 Å². The van der Waals surface area contributed by atoms with Gasteiger partial charge in [0.25, 0.3) is 0 Å². The fourth-order valence-electron chi connectivity index (χ4n) is 16.2. The molecular formula is C53H86O20. The van der Waals surface area contributed by atoms with Gasteiger partial charge in [0.1, 0.15) is 79.4 Å². The van der Waals surface area contributed by atoms with Gasteiger partial charge < -0.3 is 94.1 Å². The summed E-state index contributed by atoms with van der Waals surface area (Å²) in [6, 6.07) is 0. The van der Waals surface area contributed by atoms with E-state index in [1.165, 1.54) is 19.4 Å². The van der Waals surface area contributed by atoms with E-state index in [0.29, 0.717) is 25.2 Å². The number of carboxylic acid groups (broad SMARTS) is 1. The first-order valence-corrected chi connectivity index (χ1v) is 26.9. The molecular weight excluding hydrogens is 957 g/mol. The number of carboxylic acids is 1. The number of fused-ring (bicyclic) bond motifs is 7. The summed E-state index contributed by atoms with van der Waals surface area (Å²) in [7, 11) is 0. The minimum absolute atomic E-state index is 0.0132. The summed E-state index contributed by atoms with van der Waals surface area (Å²) in [5.74, 6) is -0.0931. The number of carbonyl (C=O) groups is 1. The van der Waals surface area contributed by atoms with Crippen molar-refractivity contribution in [2.75, 3.05) is 13.2 Å². The fraction of sp³-hybridized carbons (Fsp3) is 0.943. The Balaban J connectivity index is 0.929. The van der Waals surface area contributed by atoms with Gasteiger partial charge in [0.15, 0.2) is 25.2 Å². The number of aliphatic carboxylic acids is 1. The third-order valence-electron chi connectivity index (χ3n) is 21.0. The van der Waals surface area contributed by atoms with E-state index in [9.17, 15) is 61.0 Å². The van der Waals surface area contributed by atoms with Crippen LogP contribution in [0.1, 0.15) is 127 Å². The second-order valence-corrected chi connectivity index (χ2v) is 25.8. The summed E-state index contributed by atoms with van der Waals surface area (Å²) in [4.78, 5) is 13.2. The van der Waals surface area contributed by atoms with E-state index in [-0.39, 0.29) is 40.1 Å². The maximum absolute atomic E-state index is 13.2. The predicted molar refractivity (Wildman–Crippen MR) is 254 cm³/mol. The summed E-state index contributed by atoms with van der Waals surface area (Å²) in [6.45, 7) is 18.0. The molecule has 0 aromatic rings. The molecule has 73 heavy (non-hydrogen) atoms. The van der Waals surface area contributed by atoms with Crippen molar-refractivity contribution < 1.29 is 98.9 Å². The van der Waals surface area contributed by atoms with Gasteiger partial charge in [-0.05, 0) is 123 Å². The van der Waals surface area contributed by atoms with Gasteiger partial charge in [0.2, 0.25) is 0 Å². The van der Waals surface area contributed by atoms with Crippen LogP contribution in [0.4, 0.5) is 0 Å². The van der Waals surface area contributed by atoms with E-state index in [1.54, 1.807) is 0 Å². The lowest BCUT2D eigenvalue weighted by molar-refractivity contribution is -0.399. The van der Waals surface area contributed by atoms with E-state index >= 15 is 0 Å². The first-order valence-electron chi connectivity index (χ1n) is 26.9. The molecule has 27 atom stereocenters. The smallest absolute Gasteiger partial charge is 0.310 e. The molecule has 9 rings (SSSR count). The Hall–Kier alpha value is -1.51. The highest BCUT2D eigenvalue weighted by molar-refractivity contribution is 5.76. The van der Waals surface area contributed by atoms with Crippen molar-refractivity contribution in [2.45, 2.75) is 249 Å². The topological polar surface area (TPSA) is 313 Å². The molecule has 0 aromatic heterocycles. The van der Waals surface area contributed by atoms with Gasteiger partial charge in [-0.2, -0.15) is 0 Å². The van der Waals surface area contributed by atoms with Crippen LogP contribution >= 0.6 is 0 Å². The quantitative estimate of drug-likeness (QED) is 0.108. The predicted octanol–water partition coefficient (Wildman–Crippen LogP) is 1.22. The molecule has 5 aliphatic carbocycles. The van der Waals surface area contributed by atoms with Crippen LogP contribution < -0.4 is 0 Å². The molecule has 0 amide bonds. The van der Waals surface area contributed by atoms with Crippen molar-refractivity contribution in [1.29, 1.82) is 0 Å². The number of aliphatic hydroxyl groups excluding tert-OH is 10. The second kappa shape index (κ2) is 20.0. The average Bonchev–Trinajstić information content (AvgIpc) is 3.32. The number of allylic oxidation sites excluding steroid dienone is 2. The van der Waals surface area contributed by atoms with Gasteiger partial charge in [-0.1, -0.05) is 60.1 Å². The Kier molecular flexibility index (Phi) is 15.4. The highest BCUT2D eigenvalue weighted by Crippen LogP contribution is 2.76. The molecule has 0 spiro atoms. The normalized spacial score (nSPS) is 54.7. The lowest BCUT2D eigenvalue weighted by atomic mass is 9.33. The van der Waals surface area contributed by atoms with E-state index in [0.717, 1.165) is 44.9 Å². The van der Waals surface area contributed by atoms with Crippen molar-refractivity contribution in [2.24, 2.45) is 50.2 Å². The van der Waals surface area contributed by atoms with Gasteiger partial charge in [-0.15, -0.1) is 0 Å². The van der Waals surface area contributed by atoms with Crippen molar-refractivity contribution in [3.05, 3.63) is 11.6 Å². The Labute approximate surface area is 428 Å². The van der Waals surface area contributed by atoms with Crippen LogP contribution in [0.3, 0.4) is 0 Å². The minimum atomic E-state index is -1.90. The van der Waals surface area contributed by atoms with Crippen molar-refractivity contribution in [3.63, 3.8) is 0 Å². The summed E-state index contributed by atoms with van der Waals surface area (Å²) in [5, 5.41) is 121. The highest BCUT2D eigenvalue weighted by Gasteiger charge is 2.70. The van der Waals surface area contributed by atoms with Crippen molar-refractivity contribution in [1.82, 2.24) is 0 Å². The van der Waals surface area contributed by atoms with Crippen LogP contribution in [0.5, 0.6) is 0 Å². The van der Waals surface area contributed by atoms with E-state index in [4.69, 9.17) is 37.9 Å². The minimum Gasteiger partial charge on any atom is -0.481 e. The summed E-state index contributed by atoms with van der Waals surface area (Å²) >= 11 is 0. The van der Waals surface area contributed by atoms with Gasteiger partial charge in [0, 0.05) is 0 Å². The van der Waals surface area contributed by atoms with E-state index in [2.05, 4.69) is 54.5 Å². The molecule has 20 heteroatoms. The van der Waals surface area contributed by atoms with Crippen LogP contribution in [0.2, 0.25) is 0 Å². The summed E-state index contributed by atoms with van der Waals surface area (Å²) in [5.41, 5.74) is -0.00652. The number of hydrogen-bond acceptors (Lipinski definition) is 19. The third-order valence-corrected chi connectivity index (χ3v) is 21.0. The molecule has 20 nitrogen and oxygen atoms in total. The standard InChI is InChI=1S/C53H86O20/c1-23-32(56)34(58)36(60)44(67-23)72-41-28(21-54)69-46(42(38(41)62)73-45-37(61)35(59)33(57)24(2)68-45)71-40-27(55)22-66-43(39(40)63)70-31-13-14-50(7)29(49(31,5)6)12-15-52(9)30(50)11-10-25-26-20-48(3,4)16-18-53(26,47(64)65)19-17-51(25,52)8/h10,23-24,26-46,54-63H,11-22H2,1-9H3,(H,64,65)/t23-,24-,26+,27+,28+,29-,30+,31+,32+,33-,34-,35-,36+,37+,38+,39-,40-,41+,42-,43+,44+,45-,46+,50-,51+,52-,53-/m1/s1. The zero-order valence-electron chi connectivity index (χ0n) is 43.9. The SMILES string of the molecule is C[C@H]1O[C@@H](O[C@@H]2[C@H](O)[C@@H](O[C@H]3O[C@H](C)[C@@H](O)[C@@H](O)[C@@H]3O)[C@H](O[C@H]3[C@@H](O)[C@H](O[C@H]4CC[C@]5(C)[C@H](CC[C@]6(C)[C@H]5CC=C5[C@@H]7CC(C)(C)CC[C@@]7(C(=O)O)CC[C@@]56C)C4(C)C)OC[C@@H]3O)O[C@H]2CO)[C@@H](O)[C@H](O)[C@H]1O. The van der Waals surface area contributed by atoms with E-state index in [1.807, 2.05) is 0 Å². The molecule has 4 heterocycles. The Bertz CT molecular complexity index is 2020. The largest absolute Gasteiger partial charge is 0.481 e. The molecule has 0 radical (unpaired) electrons. The number of ether oxygens (including phenoxy) is 8. The Morgan fingerprint density at radius 2 is 1.21 bits per heavy atom. The highest BCUT2D eigenvalue weighted by atomic mass is 16.8. The maximum Gasteiger partial charge on any atom is 0.310 e. The monoisotopic (exact) mass is 1040 g/mol. The van der Waals surface area contributed by atoms with Crippen LogP contribution in [-0.2, 0) is 42.7 Å². The van der Waals surface area contributed by atoms with E-state index < -0.39 is 146 Å². The summed E-state index contributed by atoms with van der Waals surface area (Å²) < 4.78 is 48.6. The van der Waals surface area contributed by atoms with Gasteiger partial charge in [-0.3, -0.25) is 4.79 Å². The van der Waals surface area contributed by atoms with Crippen LogP contribution in [0.25, 0.3) is 0 Å². The molecule has 0 unspecified atom stereocenters. The van der Waals surface area contributed by atoms with Crippen LogP contribution in [0, 0.1) is 50.2 Å². The van der Waals surface area contributed by atoms with Gasteiger partial charge in [0.05, 0.1) is 36.9 Å². The summed E-state index contributed by atoms with van der Waals surface area (Å²) in [6.07, 6.45) is -19.8. The molecule has 418 valence electrons. The molecule has 4 saturated heterocycles. The molecule has 8 fully saturated rings. The maximum atomic E-state index is 13.2. The molecule has 0 bridgehead atoms. The Morgan fingerprint density at radius 3 is 1.81 bits per heavy atom. The average molecular weight is 1040 g/mol.